The van der Waals surface area contributed by atoms with Crippen LogP contribution in [0.3, 0.4) is 0 Å². The lowest BCUT2D eigenvalue weighted by molar-refractivity contribution is -0.384. The van der Waals surface area contributed by atoms with Crippen LogP contribution in [0, 0.1) is 16.0 Å². The van der Waals surface area contributed by atoms with Gasteiger partial charge in [-0.2, -0.15) is 0 Å². The van der Waals surface area contributed by atoms with Gasteiger partial charge in [-0.1, -0.05) is 26.0 Å². The van der Waals surface area contributed by atoms with Gasteiger partial charge in [0.05, 0.1) is 17.8 Å². The van der Waals surface area contributed by atoms with E-state index in [2.05, 4.69) is 25.9 Å². The number of carbonyl (C=O) groups is 5. The van der Waals surface area contributed by atoms with Crippen LogP contribution in [0.1, 0.15) is 44.4 Å². The van der Waals surface area contributed by atoms with Crippen LogP contribution in [0.15, 0.2) is 36.8 Å². The lowest BCUT2D eigenvalue weighted by Gasteiger charge is -2.27. The fourth-order valence-electron chi connectivity index (χ4n) is 4.98. The number of likely N-dealkylation sites (tertiary alicyclic amines) is 1. The summed E-state index contributed by atoms with van der Waals surface area (Å²) < 4.78 is 0. The number of benzene rings is 1. The number of H-pyrrole nitrogens is 1. The molecule has 2 aromatic rings. The van der Waals surface area contributed by atoms with E-state index >= 15 is 0 Å². The summed E-state index contributed by atoms with van der Waals surface area (Å²) in [6, 6.07) is 0.852. The summed E-state index contributed by atoms with van der Waals surface area (Å²) in [6.45, 7) is 3.67. The Morgan fingerprint density at radius 1 is 1.07 bits per heavy atom. The van der Waals surface area contributed by atoms with Gasteiger partial charge in [0.2, 0.25) is 23.6 Å². The van der Waals surface area contributed by atoms with Gasteiger partial charge in [-0.25, -0.2) is 9.78 Å². The average molecular weight is 615 g/mol. The fraction of sp³-hybridized carbons (Fsp3) is 0.500. The Kier molecular flexibility index (Phi) is 11.9. The summed E-state index contributed by atoms with van der Waals surface area (Å²) >= 11 is 0. The molecule has 0 aliphatic carbocycles. The van der Waals surface area contributed by atoms with Crippen LogP contribution in [0.25, 0.3) is 0 Å². The number of imidazole rings is 1. The number of nitro groups is 1. The maximum absolute atomic E-state index is 13.7. The molecule has 4 amide bonds. The normalized spacial score (nSPS) is 16.5. The second-order valence-corrected chi connectivity index (χ2v) is 11.0. The first-order valence-electron chi connectivity index (χ1n) is 14.2. The number of non-ortho nitro benzene ring substituents is 1. The summed E-state index contributed by atoms with van der Waals surface area (Å²) in [4.78, 5) is 83.2. The number of nitrogens with one attached hydrogen (secondary N) is 4. The maximum Gasteiger partial charge on any atom is 0.326 e. The molecule has 1 aromatic heterocycles. The number of nitrogens with zero attached hydrogens (tertiary/aromatic N) is 3. The van der Waals surface area contributed by atoms with E-state index in [-0.39, 0.29) is 37.4 Å². The highest BCUT2D eigenvalue weighted by atomic mass is 16.6. The van der Waals surface area contributed by atoms with E-state index in [0.29, 0.717) is 30.6 Å². The van der Waals surface area contributed by atoms with E-state index in [1.807, 2.05) is 13.8 Å². The molecule has 1 aromatic carbocycles. The molecule has 2 heterocycles. The number of carboxylic acids is 1. The smallest absolute Gasteiger partial charge is 0.326 e. The van der Waals surface area contributed by atoms with E-state index in [1.165, 1.54) is 41.7 Å². The second kappa shape index (κ2) is 15.6. The molecule has 238 valence electrons. The molecule has 16 heteroatoms. The Morgan fingerprint density at radius 3 is 2.25 bits per heavy atom. The van der Waals surface area contributed by atoms with E-state index < -0.39 is 58.7 Å². The van der Waals surface area contributed by atoms with Gasteiger partial charge in [0, 0.05) is 43.4 Å². The SMILES string of the molecule is CC(C)C[C@H](NC(=O)[C@H](Cc1cnc[nH]1)NC(=O)[C@H](Cc1ccc([N+](=O)[O-])cc1)NC(=O)[C@@H]1CCCN1C(=O)CN)C(=O)O. The first-order chi connectivity index (χ1) is 20.9. The van der Waals surface area contributed by atoms with E-state index in [4.69, 9.17) is 5.73 Å². The molecule has 1 aliphatic rings. The number of carboxylic acid groups (broad SMARTS) is 1. The topological polar surface area (TPSA) is 243 Å². The van der Waals surface area contributed by atoms with Gasteiger partial charge in [0.15, 0.2) is 0 Å². The van der Waals surface area contributed by atoms with Crippen molar-refractivity contribution in [1.29, 1.82) is 0 Å². The van der Waals surface area contributed by atoms with Gasteiger partial charge in [-0.3, -0.25) is 29.3 Å². The Morgan fingerprint density at radius 2 is 1.70 bits per heavy atom. The number of nitrogens with two attached hydrogens (primary N) is 1. The molecule has 0 unspecified atom stereocenters. The third-order valence-corrected chi connectivity index (χ3v) is 7.20. The van der Waals surface area contributed by atoms with Crippen molar-refractivity contribution < 1.29 is 34.0 Å². The average Bonchev–Trinajstić information content (AvgIpc) is 3.68. The van der Waals surface area contributed by atoms with Gasteiger partial charge in [-0.05, 0) is 30.7 Å². The van der Waals surface area contributed by atoms with E-state index in [1.54, 1.807) is 0 Å². The molecule has 0 saturated carbocycles. The molecule has 4 atom stereocenters. The molecular formula is C28H38N8O8. The summed E-state index contributed by atoms with van der Waals surface area (Å²) in [6.07, 6.45) is 3.76. The van der Waals surface area contributed by atoms with Crippen molar-refractivity contribution in [3.63, 3.8) is 0 Å². The number of aromatic nitrogens is 2. The number of rotatable bonds is 15. The lowest BCUT2D eigenvalue weighted by atomic mass is 10.0. The molecule has 1 aliphatic heterocycles. The predicted octanol–water partition coefficient (Wildman–Crippen LogP) is -0.362. The monoisotopic (exact) mass is 614 g/mol. The van der Waals surface area contributed by atoms with Crippen molar-refractivity contribution in [2.75, 3.05) is 13.1 Å². The molecule has 44 heavy (non-hydrogen) atoms. The van der Waals surface area contributed by atoms with Crippen LogP contribution in [0.5, 0.6) is 0 Å². The van der Waals surface area contributed by atoms with E-state index in [0.717, 1.165) is 0 Å². The van der Waals surface area contributed by atoms with E-state index in [9.17, 15) is 39.2 Å². The number of amides is 4. The Balaban J connectivity index is 1.87. The third-order valence-electron chi connectivity index (χ3n) is 7.20. The standard InChI is InChI=1S/C28H38N8O8/c1-16(2)10-22(28(41)42)34-26(39)21(12-18-14-30-15-31-18)32-25(38)20(11-17-5-7-19(8-6-17)36(43)44)33-27(40)23-4-3-9-35(23)24(37)13-29/h5-8,14-16,20-23H,3-4,9-13,29H2,1-2H3,(H,30,31)(H,32,38)(H,33,40)(H,34,39)(H,41,42)/t20-,21-,22-,23-/m0/s1. The summed E-state index contributed by atoms with van der Waals surface area (Å²) in [5, 5.41) is 28.5. The number of nitro benzene ring substituents is 1. The molecule has 1 saturated heterocycles. The van der Waals surface area contributed by atoms with Crippen LogP contribution in [0.2, 0.25) is 0 Å². The lowest BCUT2D eigenvalue weighted by Crippen LogP contribution is -2.58. The number of hydrogen-bond acceptors (Lipinski definition) is 9. The van der Waals surface area contributed by atoms with Crippen LogP contribution >= 0.6 is 0 Å². The van der Waals surface area contributed by atoms with Gasteiger partial charge >= 0.3 is 5.97 Å². The molecule has 0 spiro atoms. The molecular weight excluding hydrogens is 576 g/mol. The zero-order valence-corrected chi connectivity index (χ0v) is 24.5. The molecule has 0 radical (unpaired) electrons. The number of hydrogen-bond donors (Lipinski definition) is 6. The van der Waals surface area contributed by atoms with Crippen LogP contribution in [-0.4, -0.2) is 91.8 Å². The number of aliphatic carboxylic acids is 1. The molecule has 0 bridgehead atoms. The predicted molar refractivity (Wildman–Crippen MR) is 156 cm³/mol. The highest BCUT2D eigenvalue weighted by Gasteiger charge is 2.36. The Hall–Kier alpha value is -4.86. The van der Waals surface area contributed by atoms with Crippen LogP contribution < -0.4 is 21.7 Å². The van der Waals surface area contributed by atoms with Crippen molar-refractivity contribution in [1.82, 2.24) is 30.8 Å². The van der Waals surface area contributed by atoms with Crippen molar-refractivity contribution >= 4 is 35.3 Å². The van der Waals surface area contributed by atoms with Gasteiger partial charge in [0.25, 0.3) is 5.69 Å². The minimum atomic E-state index is -1.26. The second-order valence-electron chi connectivity index (χ2n) is 11.0. The van der Waals surface area contributed by atoms with Crippen molar-refractivity contribution in [2.24, 2.45) is 11.7 Å². The molecule has 7 N–H and O–H groups in total. The fourth-order valence-corrected chi connectivity index (χ4v) is 4.98. The highest BCUT2D eigenvalue weighted by molar-refractivity contribution is 5.95. The zero-order valence-electron chi connectivity index (χ0n) is 24.5. The van der Waals surface area contributed by atoms with Crippen molar-refractivity contribution in [3.05, 3.63) is 58.2 Å². The largest absolute Gasteiger partial charge is 0.480 e. The van der Waals surface area contributed by atoms with Gasteiger partial charge in [0.1, 0.15) is 24.2 Å². The number of aromatic amines is 1. The first kappa shape index (κ1) is 33.6. The molecule has 16 nitrogen and oxygen atoms in total. The molecule has 1 fully saturated rings. The number of carbonyl (C=O) groups excluding carboxylic acids is 4. The summed E-state index contributed by atoms with van der Waals surface area (Å²) in [5.41, 5.74) is 6.31. The highest BCUT2D eigenvalue weighted by Crippen LogP contribution is 2.19. The summed E-state index contributed by atoms with van der Waals surface area (Å²) in [7, 11) is 0. The Labute approximate surface area is 253 Å². The quantitative estimate of drug-likeness (QED) is 0.112. The third kappa shape index (κ3) is 9.32. The minimum Gasteiger partial charge on any atom is -0.480 e. The minimum absolute atomic E-state index is 0.0420. The first-order valence-corrected chi connectivity index (χ1v) is 14.2. The van der Waals surface area contributed by atoms with Crippen LogP contribution in [-0.2, 0) is 36.8 Å². The van der Waals surface area contributed by atoms with Crippen molar-refractivity contribution in [3.8, 4) is 0 Å². The van der Waals surface area contributed by atoms with Gasteiger partial charge in [-0.15, -0.1) is 0 Å². The Bertz CT molecular complexity index is 1330. The molecule has 3 rings (SSSR count). The maximum atomic E-state index is 13.7. The van der Waals surface area contributed by atoms with Crippen LogP contribution in [0.4, 0.5) is 5.69 Å². The summed E-state index contributed by atoms with van der Waals surface area (Å²) in [5.74, 6) is -3.79. The van der Waals surface area contributed by atoms with Crippen molar-refractivity contribution in [2.45, 2.75) is 70.1 Å². The van der Waals surface area contributed by atoms with Gasteiger partial charge < -0.3 is 36.7 Å². The zero-order chi connectivity index (χ0) is 32.4.